The second kappa shape index (κ2) is 5.82. The van der Waals surface area contributed by atoms with Crippen molar-refractivity contribution in [3.05, 3.63) is 34.3 Å². The van der Waals surface area contributed by atoms with Crippen LogP contribution in [0.3, 0.4) is 0 Å². The van der Waals surface area contributed by atoms with Crippen molar-refractivity contribution in [1.29, 1.82) is 0 Å². The maximum Gasteiger partial charge on any atom is 0.137 e. The lowest BCUT2D eigenvalue weighted by Crippen LogP contribution is -2.20. The molecular formula is C13H18N4S. The highest BCUT2D eigenvalue weighted by atomic mass is 32.1. The van der Waals surface area contributed by atoms with Crippen molar-refractivity contribution < 1.29 is 0 Å². The fourth-order valence-electron chi connectivity index (χ4n) is 1.95. The summed E-state index contributed by atoms with van der Waals surface area (Å²) in [6.07, 6.45) is 3.49. The third-order valence-electron chi connectivity index (χ3n) is 2.79. The van der Waals surface area contributed by atoms with Gasteiger partial charge in [-0.15, -0.1) is 11.3 Å². The van der Waals surface area contributed by atoms with E-state index in [0.29, 0.717) is 5.82 Å². The largest absolute Gasteiger partial charge is 0.383 e. The highest BCUT2D eigenvalue weighted by Crippen LogP contribution is 2.24. The van der Waals surface area contributed by atoms with Crippen LogP contribution in [0.4, 0.5) is 11.6 Å². The summed E-state index contributed by atoms with van der Waals surface area (Å²) in [6, 6.07) is 4.19. The van der Waals surface area contributed by atoms with E-state index in [9.17, 15) is 0 Å². The SMILES string of the molecule is CCCc1c(N)ncnc1N(C)Cc1cccs1. The molecule has 0 aromatic carbocycles. The Balaban J connectivity index is 2.23. The first-order valence-electron chi connectivity index (χ1n) is 6.05. The molecule has 0 aliphatic heterocycles. The number of hydrogen-bond acceptors (Lipinski definition) is 5. The minimum absolute atomic E-state index is 0.597. The van der Waals surface area contributed by atoms with E-state index in [0.717, 1.165) is 30.8 Å². The smallest absolute Gasteiger partial charge is 0.137 e. The molecule has 0 fully saturated rings. The van der Waals surface area contributed by atoms with Gasteiger partial charge in [0.2, 0.25) is 0 Å². The van der Waals surface area contributed by atoms with Gasteiger partial charge in [-0.1, -0.05) is 19.4 Å². The van der Waals surface area contributed by atoms with Gasteiger partial charge in [0.15, 0.2) is 0 Å². The Kier molecular flexibility index (Phi) is 4.15. The molecule has 0 atom stereocenters. The van der Waals surface area contributed by atoms with Crippen LogP contribution < -0.4 is 10.6 Å². The first-order chi connectivity index (χ1) is 8.72. The molecule has 2 aromatic rings. The monoisotopic (exact) mass is 262 g/mol. The molecule has 0 aliphatic carbocycles. The third kappa shape index (κ3) is 2.79. The van der Waals surface area contributed by atoms with Gasteiger partial charge in [-0.25, -0.2) is 9.97 Å². The second-order valence-corrected chi connectivity index (χ2v) is 5.28. The Morgan fingerprint density at radius 2 is 2.22 bits per heavy atom. The number of thiophene rings is 1. The van der Waals surface area contributed by atoms with Gasteiger partial charge >= 0.3 is 0 Å². The highest BCUT2D eigenvalue weighted by molar-refractivity contribution is 7.09. The number of nitrogens with two attached hydrogens (primary N) is 1. The fraction of sp³-hybridized carbons (Fsp3) is 0.385. The van der Waals surface area contributed by atoms with Crippen molar-refractivity contribution in [3.8, 4) is 0 Å². The van der Waals surface area contributed by atoms with Gasteiger partial charge in [0, 0.05) is 17.5 Å². The van der Waals surface area contributed by atoms with Crippen LogP contribution >= 0.6 is 11.3 Å². The number of nitrogens with zero attached hydrogens (tertiary/aromatic N) is 3. The Morgan fingerprint density at radius 3 is 2.89 bits per heavy atom. The van der Waals surface area contributed by atoms with Gasteiger partial charge in [0.1, 0.15) is 18.0 Å². The lowest BCUT2D eigenvalue weighted by Gasteiger charge is -2.20. The maximum absolute atomic E-state index is 5.94. The van der Waals surface area contributed by atoms with E-state index in [-0.39, 0.29) is 0 Å². The predicted molar refractivity (Wildman–Crippen MR) is 76.9 cm³/mol. The van der Waals surface area contributed by atoms with Crippen molar-refractivity contribution in [2.75, 3.05) is 17.7 Å². The number of nitrogen functional groups attached to an aromatic ring is 1. The van der Waals surface area contributed by atoms with E-state index >= 15 is 0 Å². The summed E-state index contributed by atoms with van der Waals surface area (Å²) in [5.74, 6) is 1.54. The van der Waals surface area contributed by atoms with Gasteiger partial charge in [0.05, 0.1) is 6.54 Å². The Hall–Kier alpha value is -1.62. The van der Waals surface area contributed by atoms with Gasteiger partial charge < -0.3 is 10.6 Å². The van der Waals surface area contributed by atoms with Crippen LogP contribution in [-0.2, 0) is 13.0 Å². The zero-order valence-electron chi connectivity index (χ0n) is 10.8. The van der Waals surface area contributed by atoms with Crippen molar-refractivity contribution in [3.63, 3.8) is 0 Å². The topological polar surface area (TPSA) is 55.0 Å². The first kappa shape index (κ1) is 12.8. The molecule has 2 N–H and O–H groups in total. The van der Waals surface area contributed by atoms with Crippen LogP contribution in [0.15, 0.2) is 23.8 Å². The van der Waals surface area contributed by atoms with E-state index in [1.54, 1.807) is 11.3 Å². The Morgan fingerprint density at radius 1 is 1.39 bits per heavy atom. The minimum atomic E-state index is 0.597. The average molecular weight is 262 g/mol. The molecule has 0 unspecified atom stereocenters. The molecule has 0 saturated heterocycles. The lowest BCUT2D eigenvalue weighted by atomic mass is 10.1. The van der Waals surface area contributed by atoms with E-state index in [2.05, 4.69) is 39.3 Å². The normalized spacial score (nSPS) is 10.6. The van der Waals surface area contributed by atoms with Crippen molar-refractivity contribution >= 4 is 23.0 Å². The maximum atomic E-state index is 5.94. The molecule has 0 aliphatic rings. The molecule has 2 rings (SSSR count). The molecule has 0 bridgehead atoms. The standard InChI is InChI=1S/C13H18N4S/c1-3-5-11-12(14)15-9-16-13(11)17(2)8-10-6-4-7-18-10/h4,6-7,9H,3,5,8H2,1-2H3,(H2,14,15,16). The fourth-order valence-corrected chi connectivity index (χ4v) is 2.70. The Labute approximate surface area is 111 Å². The first-order valence-corrected chi connectivity index (χ1v) is 6.93. The van der Waals surface area contributed by atoms with Crippen LogP contribution in [0.25, 0.3) is 0 Å². The molecule has 2 aromatic heterocycles. The molecule has 4 nitrogen and oxygen atoms in total. The van der Waals surface area contributed by atoms with Crippen LogP contribution in [0, 0.1) is 0 Å². The number of hydrogen-bond donors (Lipinski definition) is 1. The van der Waals surface area contributed by atoms with Gasteiger partial charge in [-0.05, 0) is 17.9 Å². The summed E-state index contributed by atoms with van der Waals surface area (Å²) in [5.41, 5.74) is 7.00. The lowest BCUT2D eigenvalue weighted by molar-refractivity contribution is 0.852. The quantitative estimate of drug-likeness (QED) is 0.900. The molecule has 0 amide bonds. The zero-order chi connectivity index (χ0) is 13.0. The molecule has 0 spiro atoms. The second-order valence-electron chi connectivity index (χ2n) is 4.25. The summed E-state index contributed by atoms with van der Waals surface area (Å²) in [4.78, 5) is 11.9. The minimum Gasteiger partial charge on any atom is -0.383 e. The summed E-state index contributed by atoms with van der Waals surface area (Å²) in [5, 5.41) is 2.09. The van der Waals surface area contributed by atoms with E-state index in [1.807, 2.05) is 7.05 Å². The average Bonchev–Trinajstić information content (AvgIpc) is 2.84. The van der Waals surface area contributed by atoms with Crippen LogP contribution in [0.1, 0.15) is 23.8 Å². The van der Waals surface area contributed by atoms with Crippen LogP contribution in [-0.4, -0.2) is 17.0 Å². The van der Waals surface area contributed by atoms with Crippen LogP contribution in [0.5, 0.6) is 0 Å². The molecule has 18 heavy (non-hydrogen) atoms. The molecular weight excluding hydrogens is 244 g/mol. The third-order valence-corrected chi connectivity index (χ3v) is 3.65. The number of aromatic nitrogens is 2. The molecule has 2 heterocycles. The summed E-state index contributed by atoms with van der Waals surface area (Å²) in [6.45, 7) is 2.99. The van der Waals surface area contributed by atoms with E-state index in [4.69, 9.17) is 5.73 Å². The van der Waals surface area contributed by atoms with Crippen molar-refractivity contribution in [2.24, 2.45) is 0 Å². The summed E-state index contributed by atoms with van der Waals surface area (Å²) < 4.78 is 0. The zero-order valence-corrected chi connectivity index (χ0v) is 11.6. The summed E-state index contributed by atoms with van der Waals surface area (Å²) >= 11 is 1.75. The molecule has 96 valence electrons. The summed E-state index contributed by atoms with van der Waals surface area (Å²) in [7, 11) is 2.04. The van der Waals surface area contributed by atoms with E-state index < -0.39 is 0 Å². The van der Waals surface area contributed by atoms with Gasteiger partial charge in [-0.2, -0.15) is 0 Å². The number of rotatable bonds is 5. The molecule has 0 radical (unpaired) electrons. The highest BCUT2D eigenvalue weighted by Gasteiger charge is 2.13. The predicted octanol–water partition coefficient (Wildman–Crippen LogP) is 2.71. The van der Waals surface area contributed by atoms with E-state index in [1.165, 1.54) is 11.2 Å². The molecule has 5 heteroatoms. The number of anilines is 2. The molecule has 0 saturated carbocycles. The van der Waals surface area contributed by atoms with Crippen molar-refractivity contribution in [2.45, 2.75) is 26.3 Å². The van der Waals surface area contributed by atoms with Gasteiger partial charge in [0.25, 0.3) is 0 Å². The van der Waals surface area contributed by atoms with Gasteiger partial charge in [-0.3, -0.25) is 0 Å². The van der Waals surface area contributed by atoms with Crippen molar-refractivity contribution in [1.82, 2.24) is 9.97 Å². The Bertz CT molecular complexity index is 496. The van der Waals surface area contributed by atoms with Crippen LogP contribution in [0.2, 0.25) is 0 Å².